The van der Waals surface area contributed by atoms with Crippen LogP contribution in [0.15, 0.2) is 48.5 Å². The molecule has 0 saturated heterocycles. The number of rotatable bonds is 8. The standard InChI is InChI=1S/C18H23NO2/c1-3-20-11-12-21-18-10-6-9-17(13-18)19-14-16-8-5-4-7-15(16)2/h4-10,13,19H,3,11-12,14H2,1-2H3. The Morgan fingerprint density at radius 2 is 1.86 bits per heavy atom. The Balaban J connectivity index is 1.87. The molecular formula is C18H23NO2. The SMILES string of the molecule is CCOCCOc1cccc(NCc2ccccc2C)c1. The zero-order chi connectivity index (χ0) is 14.9. The fourth-order valence-electron chi connectivity index (χ4n) is 2.06. The highest BCUT2D eigenvalue weighted by atomic mass is 16.5. The van der Waals surface area contributed by atoms with Crippen LogP contribution in [0.1, 0.15) is 18.1 Å². The molecule has 0 radical (unpaired) electrons. The topological polar surface area (TPSA) is 30.5 Å². The molecular weight excluding hydrogens is 262 g/mol. The van der Waals surface area contributed by atoms with Crippen molar-refractivity contribution in [2.24, 2.45) is 0 Å². The largest absolute Gasteiger partial charge is 0.491 e. The molecule has 3 nitrogen and oxygen atoms in total. The Labute approximate surface area is 126 Å². The van der Waals surface area contributed by atoms with Crippen molar-refractivity contribution in [3.8, 4) is 5.75 Å². The van der Waals surface area contributed by atoms with Crippen molar-refractivity contribution in [3.63, 3.8) is 0 Å². The molecule has 2 aromatic carbocycles. The summed E-state index contributed by atoms with van der Waals surface area (Å²) >= 11 is 0. The summed E-state index contributed by atoms with van der Waals surface area (Å²) in [5, 5.41) is 3.43. The highest BCUT2D eigenvalue weighted by Crippen LogP contribution is 2.18. The molecule has 0 aliphatic rings. The summed E-state index contributed by atoms with van der Waals surface area (Å²) in [5.74, 6) is 0.865. The van der Waals surface area contributed by atoms with E-state index in [2.05, 4.69) is 36.5 Å². The van der Waals surface area contributed by atoms with Gasteiger partial charge in [-0.05, 0) is 37.1 Å². The molecule has 21 heavy (non-hydrogen) atoms. The highest BCUT2D eigenvalue weighted by Gasteiger charge is 1.99. The fraction of sp³-hybridized carbons (Fsp3) is 0.333. The van der Waals surface area contributed by atoms with E-state index in [1.807, 2.05) is 31.2 Å². The first kappa shape index (κ1) is 15.4. The zero-order valence-electron chi connectivity index (χ0n) is 12.8. The number of benzene rings is 2. The fourth-order valence-corrected chi connectivity index (χ4v) is 2.06. The quantitative estimate of drug-likeness (QED) is 0.743. The maximum atomic E-state index is 5.66. The van der Waals surface area contributed by atoms with Crippen LogP contribution in [0.3, 0.4) is 0 Å². The van der Waals surface area contributed by atoms with E-state index in [-0.39, 0.29) is 0 Å². The summed E-state index contributed by atoms with van der Waals surface area (Å²) in [4.78, 5) is 0. The van der Waals surface area contributed by atoms with Gasteiger partial charge in [-0.3, -0.25) is 0 Å². The first-order chi connectivity index (χ1) is 10.3. The average molecular weight is 285 g/mol. The van der Waals surface area contributed by atoms with Crippen LogP contribution in [0.4, 0.5) is 5.69 Å². The van der Waals surface area contributed by atoms with Crippen molar-refractivity contribution < 1.29 is 9.47 Å². The average Bonchev–Trinajstić information content (AvgIpc) is 2.51. The van der Waals surface area contributed by atoms with Gasteiger partial charge in [0.25, 0.3) is 0 Å². The van der Waals surface area contributed by atoms with Crippen LogP contribution >= 0.6 is 0 Å². The number of ether oxygens (including phenoxy) is 2. The molecule has 0 aliphatic heterocycles. The van der Waals surface area contributed by atoms with Gasteiger partial charge < -0.3 is 14.8 Å². The van der Waals surface area contributed by atoms with E-state index in [4.69, 9.17) is 9.47 Å². The smallest absolute Gasteiger partial charge is 0.121 e. The molecule has 0 atom stereocenters. The van der Waals surface area contributed by atoms with Crippen molar-refractivity contribution in [1.29, 1.82) is 0 Å². The van der Waals surface area contributed by atoms with Gasteiger partial charge in [0, 0.05) is 24.9 Å². The van der Waals surface area contributed by atoms with Crippen molar-refractivity contribution in [2.75, 3.05) is 25.1 Å². The van der Waals surface area contributed by atoms with E-state index in [0.29, 0.717) is 13.2 Å². The third-order valence-electron chi connectivity index (χ3n) is 3.28. The third kappa shape index (κ3) is 5.12. The van der Waals surface area contributed by atoms with Crippen molar-refractivity contribution >= 4 is 5.69 Å². The number of aryl methyl sites for hydroxylation is 1. The summed E-state index contributed by atoms with van der Waals surface area (Å²) in [7, 11) is 0. The molecule has 2 aromatic rings. The molecule has 1 N–H and O–H groups in total. The molecule has 0 spiro atoms. The minimum Gasteiger partial charge on any atom is -0.491 e. The van der Waals surface area contributed by atoms with Gasteiger partial charge in [0.2, 0.25) is 0 Å². The summed E-state index contributed by atoms with van der Waals surface area (Å²) in [6.07, 6.45) is 0. The molecule has 0 heterocycles. The van der Waals surface area contributed by atoms with Crippen LogP contribution in [-0.2, 0) is 11.3 Å². The van der Waals surface area contributed by atoms with Gasteiger partial charge in [0.05, 0.1) is 6.61 Å². The van der Waals surface area contributed by atoms with Gasteiger partial charge in [-0.1, -0.05) is 30.3 Å². The predicted octanol–water partition coefficient (Wildman–Crippen LogP) is 4.02. The molecule has 112 valence electrons. The Hall–Kier alpha value is -2.00. The van der Waals surface area contributed by atoms with E-state index in [1.54, 1.807) is 0 Å². The van der Waals surface area contributed by atoms with E-state index in [1.165, 1.54) is 11.1 Å². The lowest BCUT2D eigenvalue weighted by atomic mass is 10.1. The van der Waals surface area contributed by atoms with E-state index >= 15 is 0 Å². The van der Waals surface area contributed by atoms with Crippen LogP contribution in [0.5, 0.6) is 5.75 Å². The van der Waals surface area contributed by atoms with Crippen LogP contribution in [0, 0.1) is 6.92 Å². The zero-order valence-corrected chi connectivity index (χ0v) is 12.8. The molecule has 0 unspecified atom stereocenters. The maximum Gasteiger partial charge on any atom is 0.121 e. The maximum absolute atomic E-state index is 5.66. The Bertz CT molecular complexity index is 554. The Kier molecular flexibility index (Phi) is 6.10. The molecule has 2 rings (SSSR count). The van der Waals surface area contributed by atoms with Crippen LogP contribution in [0.2, 0.25) is 0 Å². The van der Waals surface area contributed by atoms with E-state index in [9.17, 15) is 0 Å². The van der Waals surface area contributed by atoms with E-state index < -0.39 is 0 Å². The van der Waals surface area contributed by atoms with Crippen molar-refractivity contribution in [2.45, 2.75) is 20.4 Å². The molecule has 0 aliphatic carbocycles. The van der Waals surface area contributed by atoms with Gasteiger partial charge in [-0.15, -0.1) is 0 Å². The monoisotopic (exact) mass is 285 g/mol. The minimum atomic E-state index is 0.578. The second kappa shape index (κ2) is 8.32. The minimum absolute atomic E-state index is 0.578. The summed E-state index contributed by atoms with van der Waals surface area (Å²) in [6, 6.07) is 16.4. The Morgan fingerprint density at radius 1 is 1.00 bits per heavy atom. The molecule has 0 amide bonds. The van der Waals surface area contributed by atoms with Gasteiger partial charge >= 0.3 is 0 Å². The lowest BCUT2D eigenvalue weighted by Crippen LogP contribution is -2.06. The van der Waals surface area contributed by atoms with Gasteiger partial charge in [0.15, 0.2) is 0 Å². The van der Waals surface area contributed by atoms with Crippen molar-refractivity contribution in [1.82, 2.24) is 0 Å². The summed E-state index contributed by atoms with van der Waals surface area (Å²) in [6.45, 7) is 6.85. The normalized spacial score (nSPS) is 10.4. The summed E-state index contributed by atoms with van der Waals surface area (Å²) < 4.78 is 10.9. The first-order valence-electron chi connectivity index (χ1n) is 7.38. The first-order valence-corrected chi connectivity index (χ1v) is 7.38. The number of hydrogen-bond acceptors (Lipinski definition) is 3. The molecule has 3 heteroatoms. The van der Waals surface area contributed by atoms with Gasteiger partial charge in [-0.2, -0.15) is 0 Å². The lowest BCUT2D eigenvalue weighted by molar-refractivity contribution is 0.110. The third-order valence-corrected chi connectivity index (χ3v) is 3.28. The Morgan fingerprint density at radius 3 is 2.67 bits per heavy atom. The van der Waals surface area contributed by atoms with Crippen LogP contribution in [0.25, 0.3) is 0 Å². The molecule has 0 aromatic heterocycles. The second-order valence-electron chi connectivity index (χ2n) is 4.85. The molecule has 0 fully saturated rings. The number of nitrogens with one attached hydrogen (secondary N) is 1. The van der Waals surface area contributed by atoms with Crippen LogP contribution < -0.4 is 10.1 Å². The van der Waals surface area contributed by atoms with Crippen molar-refractivity contribution in [3.05, 3.63) is 59.7 Å². The van der Waals surface area contributed by atoms with Gasteiger partial charge in [-0.25, -0.2) is 0 Å². The lowest BCUT2D eigenvalue weighted by Gasteiger charge is -2.11. The summed E-state index contributed by atoms with van der Waals surface area (Å²) in [5.41, 5.74) is 3.67. The molecule has 0 bridgehead atoms. The van der Waals surface area contributed by atoms with E-state index in [0.717, 1.165) is 24.6 Å². The second-order valence-corrected chi connectivity index (χ2v) is 4.85. The van der Waals surface area contributed by atoms with Crippen LogP contribution in [-0.4, -0.2) is 19.8 Å². The number of anilines is 1. The number of hydrogen-bond donors (Lipinski definition) is 1. The predicted molar refractivity (Wildman–Crippen MR) is 86.9 cm³/mol. The van der Waals surface area contributed by atoms with Gasteiger partial charge in [0.1, 0.15) is 12.4 Å². The molecule has 0 saturated carbocycles. The highest BCUT2D eigenvalue weighted by molar-refractivity contribution is 5.48.